The Morgan fingerprint density at radius 1 is 1.04 bits per heavy atom. The molecule has 0 radical (unpaired) electrons. The Bertz CT molecular complexity index is 672. The van der Waals surface area contributed by atoms with Crippen LogP contribution in [0.25, 0.3) is 0 Å². The summed E-state index contributed by atoms with van der Waals surface area (Å²) in [6.07, 6.45) is 0.927. The highest BCUT2D eigenvalue weighted by Gasteiger charge is 2.15. The van der Waals surface area contributed by atoms with Crippen molar-refractivity contribution in [3.8, 4) is 0 Å². The summed E-state index contributed by atoms with van der Waals surface area (Å²) in [6.45, 7) is 1.77. The maximum Gasteiger partial charge on any atom is 0.222 e. The largest absolute Gasteiger partial charge is 0.356 e. The molecule has 0 saturated carbocycles. The SMILES string of the molecule is CC(=O)NCCC(=O)N[C@H](Cc1ccc(Cl)cc1)c1ccccc1. The summed E-state index contributed by atoms with van der Waals surface area (Å²) >= 11 is 5.93. The first-order valence-corrected chi connectivity index (χ1v) is 8.25. The quantitative estimate of drug-likeness (QED) is 0.810. The second-order valence-electron chi connectivity index (χ2n) is 5.59. The van der Waals surface area contributed by atoms with E-state index in [4.69, 9.17) is 11.6 Å². The molecule has 2 amide bonds. The van der Waals surface area contributed by atoms with Gasteiger partial charge in [0.1, 0.15) is 0 Å². The van der Waals surface area contributed by atoms with Gasteiger partial charge in [-0.1, -0.05) is 54.1 Å². The third-order valence-corrected chi connectivity index (χ3v) is 3.87. The average molecular weight is 345 g/mol. The van der Waals surface area contributed by atoms with Crippen molar-refractivity contribution in [1.82, 2.24) is 10.6 Å². The molecule has 0 heterocycles. The second kappa shape index (κ2) is 9.08. The fraction of sp³-hybridized carbons (Fsp3) is 0.263. The molecule has 0 saturated heterocycles. The highest BCUT2D eigenvalue weighted by molar-refractivity contribution is 6.30. The Labute approximate surface area is 147 Å². The topological polar surface area (TPSA) is 58.2 Å². The normalized spacial score (nSPS) is 11.6. The average Bonchev–Trinajstić information content (AvgIpc) is 2.57. The van der Waals surface area contributed by atoms with Crippen molar-refractivity contribution >= 4 is 23.4 Å². The third kappa shape index (κ3) is 6.05. The van der Waals surface area contributed by atoms with Crippen molar-refractivity contribution in [1.29, 1.82) is 0 Å². The minimum Gasteiger partial charge on any atom is -0.356 e. The number of benzene rings is 2. The monoisotopic (exact) mass is 344 g/mol. The molecule has 0 aliphatic rings. The van der Waals surface area contributed by atoms with Crippen LogP contribution in [0.1, 0.15) is 30.5 Å². The molecule has 2 aromatic rings. The lowest BCUT2D eigenvalue weighted by atomic mass is 9.98. The number of hydrogen-bond donors (Lipinski definition) is 2. The third-order valence-electron chi connectivity index (χ3n) is 3.62. The zero-order chi connectivity index (χ0) is 17.4. The second-order valence-corrected chi connectivity index (χ2v) is 6.03. The first-order valence-electron chi connectivity index (χ1n) is 7.88. The maximum atomic E-state index is 12.2. The molecule has 5 heteroatoms. The van der Waals surface area contributed by atoms with Crippen LogP contribution in [0.2, 0.25) is 5.02 Å². The van der Waals surface area contributed by atoms with Crippen LogP contribution >= 0.6 is 11.6 Å². The van der Waals surface area contributed by atoms with Gasteiger partial charge in [0.15, 0.2) is 0 Å². The van der Waals surface area contributed by atoms with Crippen LogP contribution in [0.5, 0.6) is 0 Å². The number of halogens is 1. The fourth-order valence-corrected chi connectivity index (χ4v) is 2.54. The van der Waals surface area contributed by atoms with E-state index in [-0.39, 0.29) is 24.3 Å². The van der Waals surface area contributed by atoms with Gasteiger partial charge in [-0.3, -0.25) is 9.59 Å². The Hall–Kier alpha value is -2.33. The molecule has 1 atom stereocenters. The van der Waals surface area contributed by atoms with Crippen molar-refractivity contribution in [3.05, 3.63) is 70.7 Å². The van der Waals surface area contributed by atoms with Crippen LogP contribution in [0.4, 0.5) is 0 Å². The van der Waals surface area contributed by atoms with E-state index in [9.17, 15) is 9.59 Å². The summed E-state index contributed by atoms with van der Waals surface area (Å²) in [7, 11) is 0. The number of rotatable bonds is 7. The molecule has 2 rings (SSSR count). The molecule has 24 heavy (non-hydrogen) atoms. The van der Waals surface area contributed by atoms with Gasteiger partial charge in [0.05, 0.1) is 6.04 Å². The van der Waals surface area contributed by atoms with Crippen LogP contribution in [-0.4, -0.2) is 18.4 Å². The van der Waals surface area contributed by atoms with E-state index in [1.807, 2.05) is 54.6 Å². The molecule has 2 aromatic carbocycles. The summed E-state index contributed by atoms with van der Waals surface area (Å²) in [6, 6.07) is 17.3. The van der Waals surface area contributed by atoms with E-state index in [1.54, 1.807) is 0 Å². The summed E-state index contributed by atoms with van der Waals surface area (Å²) < 4.78 is 0. The minimum absolute atomic E-state index is 0.0911. The smallest absolute Gasteiger partial charge is 0.222 e. The Morgan fingerprint density at radius 3 is 2.33 bits per heavy atom. The predicted octanol–water partition coefficient (Wildman–Crippen LogP) is 3.27. The molecule has 0 unspecified atom stereocenters. The van der Waals surface area contributed by atoms with Gasteiger partial charge in [0, 0.05) is 24.9 Å². The van der Waals surface area contributed by atoms with E-state index < -0.39 is 0 Å². The van der Waals surface area contributed by atoms with Crippen LogP contribution < -0.4 is 10.6 Å². The number of carbonyl (C=O) groups excluding carboxylic acids is 2. The van der Waals surface area contributed by atoms with Crippen molar-refractivity contribution in [2.24, 2.45) is 0 Å². The van der Waals surface area contributed by atoms with E-state index in [0.29, 0.717) is 18.0 Å². The highest BCUT2D eigenvalue weighted by Crippen LogP contribution is 2.20. The molecule has 0 aliphatic heterocycles. The molecule has 0 aliphatic carbocycles. The van der Waals surface area contributed by atoms with Gasteiger partial charge < -0.3 is 10.6 Å². The van der Waals surface area contributed by atoms with Crippen LogP contribution in [0.3, 0.4) is 0 Å². The molecule has 0 aromatic heterocycles. The fourth-order valence-electron chi connectivity index (χ4n) is 2.41. The summed E-state index contributed by atoms with van der Waals surface area (Å²) in [5, 5.41) is 6.37. The standard InChI is InChI=1S/C19H21ClN2O2/c1-14(23)21-12-11-19(24)22-18(16-5-3-2-4-6-16)13-15-7-9-17(20)10-8-15/h2-10,18H,11-13H2,1H3,(H,21,23)(H,22,24)/t18-/m1/s1. The van der Waals surface area contributed by atoms with E-state index in [0.717, 1.165) is 11.1 Å². The molecule has 0 bridgehead atoms. The van der Waals surface area contributed by atoms with Crippen molar-refractivity contribution < 1.29 is 9.59 Å². The molecule has 0 fully saturated rings. The molecule has 4 nitrogen and oxygen atoms in total. The number of hydrogen-bond acceptors (Lipinski definition) is 2. The van der Waals surface area contributed by atoms with Gasteiger partial charge in [-0.15, -0.1) is 0 Å². The van der Waals surface area contributed by atoms with Gasteiger partial charge in [-0.25, -0.2) is 0 Å². The van der Waals surface area contributed by atoms with Gasteiger partial charge >= 0.3 is 0 Å². The van der Waals surface area contributed by atoms with Gasteiger partial charge in [-0.05, 0) is 29.7 Å². The number of amides is 2. The Morgan fingerprint density at radius 2 is 1.71 bits per heavy atom. The highest BCUT2D eigenvalue weighted by atomic mass is 35.5. The van der Waals surface area contributed by atoms with Crippen molar-refractivity contribution in [2.75, 3.05) is 6.54 Å². The molecule has 2 N–H and O–H groups in total. The van der Waals surface area contributed by atoms with Gasteiger partial charge in [0.25, 0.3) is 0 Å². The Kier molecular flexibility index (Phi) is 6.82. The summed E-state index contributed by atoms with van der Waals surface area (Å²) in [4.78, 5) is 23.1. The van der Waals surface area contributed by atoms with Crippen LogP contribution in [0.15, 0.2) is 54.6 Å². The zero-order valence-corrected chi connectivity index (χ0v) is 14.3. The lowest BCUT2D eigenvalue weighted by Crippen LogP contribution is -2.33. The van der Waals surface area contributed by atoms with E-state index in [1.165, 1.54) is 6.92 Å². The molecule has 126 valence electrons. The number of carbonyl (C=O) groups is 2. The Balaban J connectivity index is 2.04. The first-order chi connectivity index (χ1) is 11.5. The minimum atomic E-state index is -0.136. The summed E-state index contributed by atoms with van der Waals surface area (Å²) in [5.41, 5.74) is 2.13. The maximum absolute atomic E-state index is 12.2. The lowest BCUT2D eigenvalue weighted by molar-refractivity contribution is -0.122. The van der Waals surface area contributed by atoms with E-state index in [2.05, 4.69) is 10.6 Å². The molecular formula is C19H21ClN2O2. The van der Waals surface area contributed by atoms with Gasteiger partial charge in [-0.2, -0.15) is 0 Å². The van der Waals surface area contributed by atoms with Crippen molar-refractivity contribution in [2.45, 2.75) is 25.8 Å². The van der Waals surface area contributed by atoms with Crippen molar-refractivity contribution in [3.63, 3.8) is 0 Å². The first kappa shape index (κ1) is 18.0. The molecular weight excluding hydrogens is 324 g/mol. The van der Waals surface area contributed by atoms with Crippen LogP contribution in [-0.2, 0) is 16.0 Å². The van der Waals surface area contributed by atoms with Crippen LogP contribution in [0, 0.1) is 0 Å². The lowest BCUT2D eigenvalue weighted by Gasteiger charge is -2.20. The zero-order valence-electron chi connectivity index (χ0n) is 13.6. The number of nitrogens with one attached hydrogen (secondary N) is 2. The summed E-state index contributed by atoms with van der Waals surface area (Å²) in [5.74, 6) is -0.227. The van der Waals surface area contributed by atoms with Gasteiger partial charge in [0.2, 0.25) is 11.8 Å². The predicted molar refractivity (Wildman–Crippen MR) is 95.8 cm³/mol. The van der Waals surface area contributed by atoms with E-state index >= 15 is 0 Å². The molecule has 0 spiro atoms.